The molecule has 0 saturated heterocycles. The minimum absolute atomic E-state index is 0.570. The molecule has 1 aliphatic rings. The van der Waals surface area contributed by atoms with Gasteiger partial charge in [0.2, 0.25) is 0 Å². The van der Waals surface area contributed by atoms with E-state index in [1.54, 1.807) is 5.57 Å². The molecule has 1 heteroatoms. The maximum absolute atomic E-state index is 4.88. The first-order valence-electron chi connectivity index (χ1n) is 11.1. The molecule has 3 aromatic rings. The molecule has 1 nitrogen and oxygen atoms in total. The third kappa shape index (κ3) is 4.67. The SMILES string of the molecule is CCCCCCC1=CC=C(c2cccc(-c3ccc4ccccc4n3)c2)C(C)C1. The van der Waals surface area contributed by atoms with Crippen molar-refractivity contribution in [3.05, 3.63) is 84.0 Å². The molecule has 0 fully saturated rings. The van der Waals surface area contributed by atoms with E-state index in [4.69, 9.17) is 4.98 Å². The van der Waals surface area contributed by atoms with Gasteiger partial charge in [0.1, 0.15) is 0 Å². The van der Waals surface area contributed by atoms with E-state index in [9.17, 15) is 0 Å². The third-order valence-electron chi connectivity index (χ3n) is 6.04. The van der Waals surface area contributed by atoms with Crippen molar-refractivity contribution in [2.75, 3.05) is 0 Å². The highest BCUT2D eigenvalue weighted by Crippen LogP contribution is 2.35. The fourth-order valence-corrected chi connectivity index (χ4v) is 4.37. The number of benzene rings is 2. The Morgan fingerprint density at radius 2 is 1.72 bits per heavy atom. The van der Waals surface area contributed by atoms with Crippen LogP contribution in [0.1, 0.15) is 57.9 Å². The van der Waals surface area contributed by atoms with Crippen LogP contribution in [0.25, 0.3) is 27.7 Å². The van der Waals surface area contributed by atoms with E-state index in [1.165, 1.54) is 60.6 Å². The summed E-state index contributed by atoms with van der Waals surface area (Å²) in [5.41, 5.74) is 7.68. The molecule has 1 aromatic heterocycles. The van der Waals surface area contributed by atoms with Gasteiger partial charge < -0.3 is 0 Å². The van der Waals surface area contributed by atoms with E-state index in [0.29, 0.717) is 5.92 Å². The predicted octanol–water partition coefficient (Wildman–Crippen LogP) is 8.22. The Bertz CT molecular complexity index is 1040. The fraction of sp³-hybridized carbons (Fsp3) is 0.321. The number of hydrogen-bond donors (Lipinski definition) is 0. The Morgan fingerprint density at radius 3 is 2.59 bits per heavy atom. The van der Waals surface area contributed by atoms with Gasteiger partial charge in [-0.2, -0.15) is 0 Å². The highest BCUT2D eigenvalue weighted by molar-refractivity contribution is 5.82. The summed E-state index contributed by atoms with van der Waals surface area (Å²) in [5, 5.41) is 1.19. The second-order valence-corrected chi connectivity index (χ2v) is 8.33. The normalized spacial score (nSPS) is 16.6. The predicted molar refractivity (Wildman–Crippen MR) is 126 cm³/mol. The van der Waals surface area contributed by atoms with Crippen LogP contribution in [0.15, 0.2) is 78.4 Å². The molecule has 2 aromatic carbocycles. The maximum atomic E-state index is 4.88. The Kier molecular flexibility index (Phi) is 6.24. The highest BCUT2D eigenvalue weighted by Gasteiger charge is 2.17. The molecule has 0 amide bonds. The van der Waals surface area contributed by atoms with Crippen LogP contribution < -0.4 is 0 Å². The van der Waals surface area contributed by atoms with Crippen molar-refractivity contribution in [1.82, 2.24) is 4.98 Å². The van der Waals surface area contributed by atoms with E-state index < -0.39 is 0 Å². The lowest BCUT2D eigenvalue weighted by Crippen LogP contribution is -2.05. The van der Waals surface area contributed by atoms with Crippen LogP contribution in [0.2, 0.25) is 0 Å². The standard InChI is InChI=1S/C28H31N/c1-3-4-5-6-10-22-15-17-26(21(2)19-22)24-12-9-13-25(20-24)28-18-16-23-11-7-8-14-27(23)29-28/h7-9,11-18,20-21H,3-6,10,19H2,1-2H3. The number of allylic oxidation sites excluding steroid dienone is 4. The number of pyridine rings is 1. The van der Waals surface area contributed by atoms with Gasteiger partial charge in [0, 0.05) is 10.9 Å². The molecule has 148 valence electrons. The number of nitrogens with zero attached hydrogens (tertiary/aromatic N) is 1. The topological polar surface area (TPSA) is 12.9 Å². The largest absolute Gasteiger partial charge is 0.248 e. The van der Waals surface area contributed by atoms with Crippen molar-refractivity contribution in [2.24, 2.45) is 5.92 Å². The number of para-hydroxylation sites is 1. The minimum atomic E-state index is 0.570. The highest BCUT2D eigenvalue weighted by atomic mass is 14.7. The molecule has 0 N–H and O–H groups in total. The zero-order valence-corrected chi connectivity index (χ0v) is 17.7. The van der Waals surface area contributed by atoms with Gasteiger partial charge >= 0.3 is 0 Å². The quantitative estimate of drug-likeness (QED) is 0.376. The van der Waals surface area contributed by atoms with Crippen molar-refractivity contribution in [1.29, 1.82) is 0 Å². The van der Waals surface area contributed by atoms with E-state index in [0.717, 1.165) is 11.2 Å². The van der Waals surface area contributed by atoms with Crippen LogP contribution in [-0.2, 0) is 0 Å². The lowest BCUT2D eigenvalue weighted by atomic mass is 9.83. The summed E-state index contributed by atoms with van der Waals surface area (Å²) in [7, 11) is 0. The van der Waals surface area contributed by atoms with E-state index in [1.807, 2.05) is 0 Å². The zero-order valence-electron chi connectivity index (χ0n) is 17.7. The van der Waals surface area contributed by atoms with E-state index in [-0.39, 0.29) is 0 Å². The molecule has 0 bridgehead atoms. The second-order valence-electron chi connectivity index (χ2n) is 8.33. The van der Waals surface area contributed by atoms with Crippen molar-refractivity contribution >= 4 is 16.5 Å². The lowest BCUT2D eigenvalue weighted by molar-refractivity contribution is 0.630. The molecule has 29 heavy (non-hydrogen) atoms. The van der Waals surface area contributed by atoms with Crippen LogP contribution in [0.4, 0.5) is 0 Å². The van der Waals surface area contributed by atoms with Crippen LogP contribution in [0.5, 0.6) is 0 Å². The summed E-state index contributed by atoms with van der Waals surface area (Å²) in [6.45, 7) is 4.64. The number of unbranched alkanes of at least 4 members (excludes halogenated alkanes) is 3. The first-order valence-corrected chi connectivity index (χ1v) is 11.1. The van der Waals surface area contributed by atoms with Crippen LogP contribution in [-0.4, -0.2) is 4.98 Å². The average molecular weight is 382 g/mol. The van der Waals surface area contributed by atoms with Gasteiger partial charge in [0.25, 0.3) is 0 Å². The van der Waals surface area contributed by atoms with Gasteiger partial charge in [0.15, 0.2) is 0 Å². The van der Waals surface area contributed by atoms with Gasteiger partial charge in [-0.15, -0.1) is 0 Å². The van der Waals surface area contributed by atoms with Crippen LogP contribution >= 0.6 is 0 Å². The number of hydrogen-bond acceptors (Lipinski definition) is 1. The summed E-state index contributed by atoms with van der Waals surface area (Å²) in [6.07, 6.45) is 12.5. The number of rotatable bonds is 7. The molecule has 1 heterocycles. The van der Waals surface area contributed by atoms with Crippen LogP contribution in [0, 0.1) is 5.92 Å². The van der Waals surface area contributed by atoms with Gasteiger partial charge in [-0.05, 0) is 54.5 Å². The molecule has 1 aliphatic carbocycles. The van der Waals surface area contributed by atoms with Gasteiger partial charge in [-0.25, -0.2) is 4.98 Å². The number of fused-ring (bicyclic) bond motifs is 1. The molecule has 0 radical (unpaired) electrons. The minimum Gasteiger partial charge on any atom is -0.248 e. The van der Waals surface area contributed by atoms with Gasteiger partial charge in [0.05, 0.1) is 11.2 Å². The Hall–Kier alpha value is -2.67. The molecular formula is C28H31N. The van der Waals surface area contributed by atoms with Crippen molar-refractivity contribution in [3.8, 4) is 11.3 Å². The first kappa shape index (κ1) is 19.6. The zero-order chi connectivity index (χ0) is 20.1. The lowest BCUT2D eigenvalue weighted by Gasteiger charge is -2.22. The summed E-state index contributed by atoms with van der Waals surface area (Å²) in [6, 6.07) is 21.5. The Morgan fingerprint density at radius 1 is 0.862 bits per heavy atom. The van der Waals surface area contributed by atoms with E-state index >= 15 is 0 Å². The van der Waals surface area contributed by atoms with Crippen molar-refractivity contribution in [3.63, 3.8) is 0 Å². The summed E-state index contributed by atoms with van der Waals surface area (Å²) >= 11 is 0. The first-order chi connectivity index (χ1) is 14.2. The molecule has 0 spiro atoms. The molecule has 1 atom stereocenters. The molecule has 0 aliphatic heterocycles. The summed E-state index contributed by atoms with van der Waals surface area (Å²) in [4.78, 5) is 4.88. The van der Waals surface area contributed by atoms with Gasteiger partial charge in [-0.1, -0.05) is 93.3 Å². The summed E-state index contributed by atoms with van der Waals surface area (Å²) < 4.78 is 0. The molecule has 0 saturated carbocycles. The second kappa shape index (κ2) is 9.22. The monoisotopic (exact) mass is 381 g/mol. The summed E-state index contributed by atoms with van der Waals surface area (Å²) in [5.74, 6) is 0.570. The Balaban J connectivity index is 1.56. The van der Waals surface area contributed by atoms with Crippen molar-refractivity contribution in [2.45, 2.75) is 52.4 Å². The number of aromatic nitrogens is 1. The molecule has 1 unspecified atom stereocenters. The van der Waals surface area contributed by atoms with Gasteiger partial charge in [-0.3, -0.25) is 0 Å². The van der Waals surface area contributed by atoms with E-state index in [2.05, 4.69) is 86.7 Å². The Labute approximate surface area is 175 Å². The molecule has 4 rings (SSSR count). The maximum Gasteiger partial charge on any atom is 0.0709 e. The van der Waals surface area contributed by atoms with Crippen LogP contribution in [0.3, 0.4) is 0 Å². The molecular weight excluding hydrogens is 350 g/mol. The van der Waals surface area contributed by atoms with Crippen molar-refractivity contribution < 1.29 is 0 Å². The average Bonchev–Trinajstić information content (AvgIpc) is 2.76. The third-order valence-corrected chi connectivity index (χ3v) is 6.04. The fourth-order valence-electron chi connectivity index (χ4n) is 4.37. The smallest absolute Gasteiger partial charge is 0.0709 e.